The molecule has 0 radical (unpaired) electrons. The Labute approximate surface area is 150 Å². The van der Waals surface area contributed by atoms with Crippen LogP contribution in [-0.2, 0) is 17.1 Å². The molecule has 0 atom stereocenters. The van der Waals surface area contributed by atoms with Crippen LogP contribution in [0, 0.1) is 13.8 Å². The summed E-state index contributed by atoms with van der Waals surface area (Å²) in [5, 5.41) is 2.01. The molecule has 0 aliphatic carbocycles. The molecule has 2 rings (SSSR count). The van der Waals surface area contributed by atoms with E-state index < -0.39 is 41.7 Å². The lowest BCUT2D eigenvalue weighted by atomic mass is 10.1. The van der Waals surface area contributed by atoms with Crippen LogP contribution < -0.4 is 10.1 Å². The lowest BCUT2D eigenvalue weighted by Crippen LogP contribution is -2.21. The monoisotopic (exact) mass is 391 g/mol. The smallest absolute Gasteiger partial charge is 0.416 e. The van der Waals surface area contributed by atoms with Crippen molar-refractivity contribution >= 4 is 11.6 Å². The summed E-state index contributed by atoms with van der Waals surface area (Å²) in [7, 11) is 0. The van der Waals surface area contributed by atoms with Crippen molar-refractivity contribution in [1.82, 2.24) is 0 Å². The van der Waals surface area contributed by atoms with E-state index in [4.69, 9.17) is 4.74 Å². The van der Waals surface area contributed by atoms with Crippen LogP contribution in [-0.4, -0.2) is 12.5 Å². The number of hydrogen-bond donors (Lipinski definition) is 1. The molecule has 9 heteroatoms. The van der Waals surface area contributed by atoms with Crippen LogP contribution in [0.5, 0.6) is 5.75 Å². The van der Waals surface area contributed by atoms with E-state index in [1.165, 1.54) is 0 Å². The molecule has 0 aliphatic rings. The summed E-state index contributed by atoms with van der Waals surface area (Å²) in [6.45, 7) is 2.91. The molecule has 0 spiro atoms. The molecule has 0 saturated heterocycles. The average Bonchev–Trinajstić information content (AvgIpc) is 2.52. The van der Waals surface area contributed by atoms with Crippen molar-refractivity contribution in [2.45, 2.75) is 26.2 Å². The fourth-order valence-electron chi connectivity index (χ4n) is 2.39. The van der Waals surface area contributed by atoms with Gasteiger partial charge in [0.25, 0.3) is 5.91 Å². The van der Waals surface area contributed by atoms with Gasteiger partial charge < -0.3 is 10.1 Å². The topological polar surface area (TPSA) is 38.3 Å². The Bertz CT molecular complexity index is 790. The molecule has 0 fully saturated rings. The number of benzene rings is 2. The summed E-state index contributed by atoms with van der Waals surface area (Å²) in [5.74, 6) is -0.460. The SMILES string of the molecule is Cc1cccc(C)c1OCC(=O)Nc1cc(C(F)(F)F)cc(C(F)(F)F)c1. The van der Waals surface area contributed by atoms with Crippen LogP contribution >= 0.6 is 0 Å². The second kappa shape index (κ2) is 7.50. The maximum atomic E-state index is 12.8. The fraction of sp³-hybridized carbons (Fsp3) is 0.278. The van der Waals surface area contributed by atoms with Crippen LogP contribution in [0.2, 0.25) is 0 Å². The first-order valence-electron chi connectivity index (χ1n) is 7.66. The largest absolute Gasteiger partial charge is 0.483 e. The highest BCUT2D eigenvalue weighted by atomic mass is 19.4. The molecule has 3 nitrogen and oxygen atoms in total. The molecule has 0 heterocycles. The normalized spacial score (nSPS) is 12.0. The lowest BCUT2D eigenvalue weighted by Gasteiger charge is -2.15. The van der Waals surface area contributed by atoms with E-state index in [0.29, 0.717) is 17.9 Å². The van der Waals surface area contributed by atoms with Gasteiger partial charge in [-0.05, 0) is 43.2 Å². The van der Waals surface area contributed by atoms with Gasteiger partial charge in [0.15, 0.2) is 6.61 Å². The third-order valence-electron chi connectivity index (χ3n) is 3.63. The Morgan fingerprint density at radius 2 is 1.41 bits per heavy atom. The number of alkyl halides is 6. The number of carbonyl (C=O) groups is 1. The summed E-state index contributed by atoms with van der Waals surface area (Å²) in [6, 6.07) is 6.12. The van der Waals surface area contributed by atoms with E-state index in [-0.39, 0.29) is 6.07 Å². The highest BCUT2D eigenvalue weighted by Crippen LogP contribution is 2.37. The maximum absolute atomic E-state index is 12.8. The molecule has 0 aromatic heterocycles. The van der Waals surface area contributed by atoms with Crippen molar-refractivity contribution in [2.24, 2.45) is 0 Å². The number of ether oxygens (including phenoxy) is 1. The van der Waals surface area contributed by atoms with Crippen molar-refractivity contribution in [3.05, 3.63) is 58.7 Å². The van der Waals surface area contributed by atoms with Gasteiger partial charge in [-0.2, -0.15) is 26.3 Å². The number of rotatable bonds is 4. The Hall–Kier alpha value is -2.71. The first-order valence-corrected chi connectivity index (χ1v) is 7.66. The predicted molar refractivity (Wildman–Crippen MR) is 86.5 cm³/mol. The molecule has 0 saturated carbocycles. The minimum Gasteiger partial charge on any atom is -0.483 e. The van der Waals surface area contributed by atoms with Gasteiger partial charge in [0.1, 0.15) is 5.75 Å². The van der Waals surface area contributed by atoms with Gasteiger partial charge in [0.05, 0.1) is 11.1 Å². The van der Waals surface area contributed by atoms with Crippen LogP contribution in [0.15, 0.2) is 36.4 Å². The van der Waals surface area contributed by atoms with E-state index in [2.05, 4.69) is 0 Å². The van der Waals surface area contributed by atoms with Gasteiger partial charge in [0, 0.05) is 5.69 Å². The minimum atomic E-state index is -4.99. The number of para-hydroxylation sites is 1. The van der Waals surface area contributed by atoms with Crippen LogP contribution in [0.3, 0.4) is 0 Å². The van der Waals surface area contributed by atoms with Crippen molar-refractivity contribution in [2.75, 3.05) is 11.9 Å². The van der Waals surface area contributed by atoms with Crippen molar-refractivity contribution in [3.63, 3.8) is 0 Å². The Kier molecular flexibility index (Phi) is 5.72. The molecule has 1 N–H and O–H groups in total. The van der Waals surface area contributed by atoms with Gasteiger partial charge in [-0.15, -0.1) is 0 Å². The molecule has 27 heavy (non-hydrogen) atoms. The minimum absolute atomic E-state index is 0.0111. The van der Waals surface area contributed by atoms with E-state index >= 15 is 0 Å². The molecule has 2 aromatic carbocycles. The second-order valence-electron chi connectivity index (χ2n) is 5.85. The number of anilines is 1. The zero-order chi connectivity index (χ0) is 20.4. The standard InChI is InChI=1S/C18H15F6NO2/c1-10-4-3-5-11(2)16(10)27-9-15(26)25-14-7-12(17(19,20)21)6-13(8-14)18(22,23)24/h3-8H,9H2,1-2H3,(H,25,26). The van der Waals surface area contributed by atoms with E-state index in [1.807, 2.05) is 5.32 Å². The zero-order valence-electron chi connectivity index (χ0n) is 14.3. The first-order chi connectivity index (χ1) is 12.4. The zero-order valence-corrected chi connectivity index (χ0v) is 14.3. The number of amides is 1. The molecule has 0 bridgehead atoms. The fourth-order valence-corrected chi connectivity index (χ4v) is 2.39. The third kappa shape index (κ3) is 5.38. The van der Waals surface area contributed by atoms with E-state index in [0.717, 1.165) is 11.1 Å². The summed E-state index contributed by atoms with van der Waals surface area (Å²) in [4.78, 5) is 11.9. The van der Waals surface area contributed by atoms with Crippen molar-refractivity contribution in [3.8, 4) is 5.75 Å². The molecular formula is C18H15F6NO2. The van der Waals surface area contributed by atoms with Gasteiger partial charge in [-0.25, -0.2) is 0 Å². The quantitative estimate of drug-likeness (QED) is 0.713. The third-order valence-corrected chi connectivity index (χ3v) is 3.63. The Morgan fingerprint density at radius 1 is 0.926 bits per heavy atom. The van der Waals surface area contributed by atoms with E-state index in [1.54, 1.807) is 32.0 Å². The number of nitrogens with one attached hydrogen (secondary N) is 1. The van der Waals surface area contributed by atoms with Crippen molar-refractivity contribution < 1.29 is 35.9 Å². The Morgan fingerprint density at radius 3 is 1.85 bits per heavy atom. The lowest BCUT2D eigenvalue weighted by molar-refractivity contribution is -0.143. The van der Waals surface area contributed by atoms with Crippen molar-refractivity contribution in [1.29, 1.82) is 0 Å². The number of halogens is 6. The molecule has 0 aliphatic heterocycles. The van der Waals surface area contributed by atoms with E-state index in [9.17, 15) is 31.1 Å². The molecular weight excluding hydrogens is 376 g/mol. The number of aryl methyl sites for hydroxylation is 2. The van der Waals surface area contributed by atoms with Gasteiger partial charge >= 0.3 is 12.4 Å². The summed E-state index contributed by atoms with van der Waals surface area (Å²) >= 11 is 0. The average molecular weight is 391 g/mol. The highest BCUT2D eigenvalue weighted by Gasteiger charge is 2.37. The summed E-state index contributed by atoms with van der Waals surface area (Å²) < 4.78 is 82.3. The van der Waals surface area contributed by atoms with Gasteiger partial charge in [-0.3, -0.25) is 4.79 Å². The first kappa shape index (κ1) is 20.6. The summed E-state index contributed by atoms with van der Waals surface area (Å²) in [6.07, 6.45) is -9.98. The van der Waals surface area contributed by atoms with Crippen LogP contribution in [0.25, 0.3) is 0 Å². The second-order valence-corrected chi connectivity index (χ2v) is 5.85. The molecule has 2 aromatic rings. The number of carbonyl (C=O) groups excluding carboxylic acids is 1. The Balaban J connectivity index is 2.19. The van der Waals surface area contributed by atoms with Crippen LogP contribution in [0.1, 0.15) is 22.3 Å². The maximum Gasteiger partial charge on any atom is 0.416 e. The molecule has 146 valence electrons. The highest BCUT2D eigenvalue weighted by molar-refractivity contribution is 5.92. The molecule has 1 amide bonds. The van der Waals surface area contributed by atoms with Gasteiger partial charge in [-0.1, -0.05) is 18.2 Å². The predicted octanol–water partition coefficient (Wildman–Crippen LogP) is 5.36. The number of hydrogen-bond acceptors (Lipinski definition) is 2. The van der Waals surface area contributed by atoms with Gasteiger partial charge in [0.2, 0.25) is 0 Å². The van der Waals surface area contributed by atoms with Crippen LogP contribution in [0.4, 0.5) is 32.0 Å². The summed E-state index contributed by atoms with van der Waals surface area (Å²) in [5.41, 5.74) is -2.17. The molecule has 0 unspecified atom stereocenters.